The molecule has 0 spiro atoms. The summed E-state index contributed by atoms with van der Waals surface area (Å²) in [4.78, 5) is 0. The molecule has 0 radical (unpaired) electrons. The summed E-state index contributed by atoms with van der Waals surface area (Å²) in [6, 6.07) is 32.1. The van der Waals surface area contributed by atoms with Gasteiger partial charge in [0.25, 0.3) is 0 Å². The van der Waals surface area contributed by atoms with Crippen molar-refractivity contribution in [1.82, 2.24) is 0 Å². The third-order valence-corrected chi connectivity index (χ3v) is 15.7. The molecule has 0 atom stereocenters. The molecule has 6 rings (SSSR count). The molecule has 0 amide bonds. The number of rotatable bonds is 19. The molecule has 6 aromatic carbocycles. The van der Waals surface area contributed by atoms with Gasteiger partial charge in [-0.15, -0.1) is 0 Å². The third kappa shape index (κ3) is 10.4. The van der Waals surface area contributed by atoms with Crippen molar-refractivity contribution < 1.29 is 27.2 Å². The Morgan fingerprint density at radius 3 is 0.641 bits per heavy atom. The average molecular weight is 899 g/mol. The zero-order valence-electron chi connectivity index (χ0n) is 40.2. The van der Waals surface area contributed by atoms with Crippen LogP contribution in [0.3, 0.4) is 0 Å². The molecule has 6 aromatic rings. The van der Waals surface area contributed by atoms with Gasteiger partial charge in [-0.2, -0.15) is 0 Å². The lowest BCUT2D eigenvalue weighted by molar-refractivity contribution is 0.391. The van der Waals surface area contributed by atoms with E-state index in [2.05, 4.69) is 132 Å². The van der Waals surface area contributed by atoms with Gasteiger partial charge in [0.15, 0.2) is 0 Å². The van der Waals surface area contributed by atoms with E-state index in [1.165, 1.54) is 0 Å². The molecule has 338 valence electrons. The first-order chi connectivity index (χ1) is 30.7. The molecular weight excluding hydrogens is 831 g/mol. The monoisotopic (exact) mass is 898 g/mol. The fraction of sp³-hybridized carbons (Fsp3) is 0.357. The van der Waals surface area contributed by atoms with Crippen LogP contribution in [0, 0.1) is 27.7 Å². The van der Waals surface area contributed by atoms with Crippen molar-refractivity contribution in [2.75, 3.05) is 0 Å². The predicted molar refractivity (Wildman–Crippen MR) is 269 cm³/mol. The zero-order valence-corrected chi connectivity index (χ0v) is 42.0. The summed E-state index contributed by atoms with van der Waals surface area (Å²) >= 11 is 0. The Morgan fingerprint density at radius 1 is 0.312 bits per heavy atom. The summed E-state index contributed by atoms with van der Waals surface area (Å²) in [7, 11) is -8.04. The van der Waals surface area contributed by atoms with Crippen molar-refractivity contribution in [3.05, 3.63) is 164 Å². The molecule has 0 bridgehead atoms. The van der Waals surface area contributed by atoms with Crippen LogP contribution >= 0.6 is 15.2 Å². The maximum Gasteiger partial charge on any atom is 0.462 e. The number of hydrogen-bond donors (Lipinski definition) is 0. The van der Waals surface area contributed by atoms with Crippen LogP contribution in [0.1, 0.15) is 122 Å². The molecule has 0 unspecified atom stereocenters. The van der Waals surface area contributed by atoms with Crippen molar-refractivity contribution in [2.45, 2.75) is 134 Å². The summed E-state index contributed by atoms with van der Waals surface area (Å²) in [6.45, 7) is 25.1. The lowest BCUT2D eigenvalue weighted by atomic mass is 10.0. The average Bonchev–Trinajstić information content (AvgIpc) is 3.30. The van der Waals surface area contributed by atoms with E-state index in [0.29, 0.717) is 33.6 Å². The van der Waals surface area contributed by atoms with E-state index in [1.807, 2.05) is 48.5 Å². The second-order valence-corrected chi connectivity index (χ2v) is 20.7. The second-order valence-electron chi connectivity index (χ2n) is 16.9. The number of hydrogen-bond acceptors (Lipinski definition) is 6. The highest BCUT2D eigenvalue weighted by Gasteiger charge is 2.36. The lowest BCUT2D eigenvalue weighted by Crippen LogP contribution is -2.18. The maximum atomic E-state index is 15.6. The van der Waals surface area contributed by atoms with Crippen LogP contribution in [0.25, 0.3) is 11.1 Å². The van der Waals surface area contributed by atoms with Gasteiger partial charge in [-0.3, -0.25) is 0 Å². The normalized spacial score (nSPS) is 11.8. The van der Waals surface area contributed by atoms with Crippen LogP contribution in [0.15, 0.2) is 97.1 Å². The highest BCUT2D eigenvalue weighted by Crippen LogP contribution is 2.53. The predicted octanol–water partition coefficient (Wildman–Crippen LogP) is 15.0. The largest absolute Gasteiger partial charge is 0.462 e. The topological polar surface area (TPSA) is 71.1 Å². The van der Waals surface area contributed by atoms with Gasteiger partial charge in [0.05, 0.1) is 10.6 Å². The first kappa shape index (κ1) is 48.4. The van der Waals surface area contributed by atoms with Crippen molar-refractivity contribution in [1.29, 1.82) is 0 Å². The molecule has 0 saturated heterocycles. The van der Waals surface area contributed by atoms with E-state index in [9.17, 15) is 0 Å². The summed E-state index contributed by atoms with van der Waals surface area (Å²) in [5.74, 6) is 2.50. The standard InChI is InChI=1S/C56H68O6P2/c1-13-41-29-37(9)30-42(14-2)53(41)59-63(57,60-54-43(15-3)31-38(10)32-44(54)16-4)51-25-21-49(22-26-51)50-23-27-52(28-24-50)64(58,61-55-45(17-5)33-39(11)34-46(55)18-6)62-56-47(19-7)35-40(12)36-48(56)20-8/h21-36H,13-20H2,1-12H3. The molecule has 64 heavy (non-hydrogen) atoms. The van der Waals surface area contributed by atoms with Gasteiger partial charge < -0.3 is 18.1 Å². The summed E-state index contributed by atoms with van der Waals surface area (Å²) in [6.07, 6.45) is 5.79. The second kappa shape index (κ2) is 20.9. The van der Waals surface area contributed by atoms with Crippen molar-refractivity contribution in [3.63, 3.8) is 0 Å². The van der Waals surface area contributed by atoms with Gasteiger partial charge in [-0.05, 0) is 159 Å². The van der Waals surface area contributed by atoms with Crippen LogP contribution in [0.4, 0.5) is 0 Å². The molecule has 6 nitrogen and oxygen atoms in total. The number of benzene rings is 6. The minimum atomic E-state index is -4.02. The van der Waals surface area contributed by atoms with Crippen LogP contribution in [-0.2, 0) is 60.5 Å². The van der Waals surface area contributed by atoms with E-state index in [4.69, 9.17) is 18.1 Å². The van der Waals surface area contributed by atoms with Gasteiger partial charge in [-0.1, -0.05) is 150 Å². The molecule has 0 saturated carbocycles. The van der Waals surface area contributed by atoms with E-state index in [0.717, 1.165) is 129 Å². The fourth-order valence-electron chi connectivity index (χ4n) is 8.69. The van der Waals surface area contributed by atoms with E-state index in [1.54, 1.807) is 0 Å². The molecule has 0 aliphatic rings. The molecule has 0 aromatic heterocycles. The molecule has 0 aliphatic carbocycles. The molecule has 0 N–H and O–H groups in total. The summed E-state index contributed by atoms with van der Waals surface area (Å²) < 4.78 is 58.3. The summed E-state index contributed by atoms with van der Waals surface area (Å²) in [5, 5.41) is 0.920. The molecule has 0 fully saturated rings. The van der Waals surface area contributed by atoms with E-state index in [-0.39, 0.29) is 0 Å². The van der Waals surface area contributed by atoms with Gasteiger partial charge in [0, 0.05) is 0 Å². The highest BCUT2D eigenvalue weighted by molar-refractivity contribution is 7.63. The number of aryl methyl sites for hydroxylation is 12. The van der Waals surface area contributed by atoms with Gasteiger partial charge >= 0.3 is 15.2 Å². The smallest absolute Gasteiger partial charge is 0.412 e. The first-order valence-electron chi connectivity index (χ1n) is 23.4. The molecule has 0 heterocycles. The van der Waals surface area contributed by atoms with Crippen molar-refractivity contribution in [3.8, 4) is 34.1 Å². The Morgan fingerprint density at radius 2 is 0.484 bits per heavy atom. The summed E-state index contributed by atoms with van der Waals surface area (Å²) in [5.41, 5.74) is 14.3. The van der Waals surface area contributed by atoms with E-state index >= 15 is 9.13 Å². The van der Waals surface area contributed by atoms with Gasteiger partial charge in [0.1, 0.15) is 23.0 Å². The molecular formula is C56H68O6P2. The van der Waals surface area contributed by atoms with Crippen LogP contribution in [0.2, 0.25) is 0 Å². The van der Waals surface area contributed by atoms with Gasteiger partial charge in [0.2, 0.25) is 0 Å². The minimum absolute atomic E-state index is 0.460. The first-order valence-corrected chi connectivity index (χ1v) is 26.4. The minimum Gasteiger partial charge on any atom is -0.412 e. The van der Waals surface area contributed by atoms with Crippen LogP contribution in [0.5, 0.6) is 23.0 Å². The Hall–Kier alpha value is -5.02. The third-order valence-electron chi connectivity index (χ3n) is 12.1. The zero-order chi connectivity index (χ0) is 46.3. The Balaban J connectivity index is 1.43. The van der Waals surface area contributed by atoms with E-state index < -0.39 is 15.2 Å². The molecule has 0 aliphatic heterocycles. The van der Waals surface area contributed by atoms with Crippen molar-refractivity contribution in [2.24, 2.45) is 0 Å². The molecule has 8 heteroatoms. The van der Waals surface area contributed by atoms with Crippen molar-refractivity contribution >= 4 is 25.8 Å². The Bertz CT molecular complexity index is 2280. The van der Waals surface area contributed by atoms with Crippen LogP contribution < -0.4 is 28.7 Å². The Kier molecular flexibility index (Phi) is 15.8. The Labute approximate surface area is 383 Å². The fourth-order valence-corrected chi connectivity index (χ4v) is 12.1. The van der Waals surface area contributed by atoms with Crippen LogP contribution in [-0.4, -0.2) is 0 Å². The SMILES string of the molecule is CCc1cc(C)cc(CC)c1OP(=O)(Oc1c(CC)cc(C)cc1CC)c1ccc(-c2ccc(P(=O)(Oc3c(CC)cc(C)cc3CC)Oc3c(CC)cc(C)cc3CC)cc2)cc1. The van der Waals surface area contributed by atoms with Gasteiger partial charge in [-0.25, -0.2) is 9.13 Å². The maximum absolute atomic E-state index is 15.6. The quantitative estimate of drug-likeness (QED) is 0.0754. The lowest BCUT2D eigenvalue weighted by Gasteiger charge is -2.26. The highest BCUT2D eigenvalue weighted by atomic mass is 31.2.